The summed E-state index contributed by atoms with van der Waals surface area (Å²) in [4.78, 5) is 0. The molecule has 0 aromatic heterocycles. The van der Waals surface area contributed by atoms with Crippen LogP contribution in [-0.2, 0) is 0 Å². The van der Waals surface area contributed by atoms with Gasteiger partial charge in [-0.2, -0.15) is 5.11 Å². The van der Waals surface area contributed by atoms with Gasteiger partial charge < -0.3 is 11.5 Å². The number of anilines is 2. The maximum Gasteiger partial charge on any atom is 0.122 e. The summed E-state index contributed by atoms with van der Waals surface area (Å²) in [7, 11) is 0. The lowest BCUT2D eigenvalue weighted by molar-refractivity contribution is 0.795. The molecule has 5 N–H and O–H groups in total. The predicted molar refractivity (Wildman–Crippen MR) is 67.7 cm³/mol. The van der Waals surface area contributed by atoms with Crippen LogP contribution in [0.5, 0.6) is 0 Å². The summed E-state index contributed by atoms with van der Waals surface area (Å²) in [6.45, 7) is 0. The summed E-state index contributed by atoms with van der Waals surface area (Å²) in [5.74, 6) is 0. The van der Waals surface area contributed by atoms with E-state index in [-0.39, 0.29) is 6.04 Å². The molecule has 1 unspecified atom stereocenters. The summed E-state index contributed by atoms with van der Waals surface area (Å²) in [6.07, 6.45) is 0. The van der Waals surface area contributed by atoms with E-state index in [0.717, 1.165) is 27.9 Å². The zero-order chi connectivity index (χ0) is 12.0. The molecule has 0 bridgehead atoms. The molecule has 0 aliphatic heterocycles. The van der Waals surface area contributed by atoms with Crippen LogP contribution in [0.2, 0.25) is 0 Å². The van der Waals surface area contributed by atoms with Crippen LogP contribution in [0, 0.1) is 5.53 Å². The molecular formula is C13H12N4. The van der Waals surface area contributed by atoms with Gasteiger partial charge in [-0.15, -0.1) is 0 Å². The van der Waals surface area contributed by atoms with Crippen molar-refractivity contribution in [3.63, 3.8) is 0 Å². The number of rotatable bonds is 1. The third kappa shape index (κ3) is 1.24. The number of benzene rings is 2. The van der Waals surface area contributed by atoms with Crippen molar-refractivity contribution in [1.82, 2.24) is 0 Å². The lowest BCUT2D eigenvalue weighted by Crippen LogP contribution is -1.93. The Morgan fingerprint density at radius 2 is 1.88 bits per heavy atom. The molecule has 4 heteroatoms. The molecule has 0 radical (unpaired) electrons. The summed E-state index contributed by atoms with van der Waals surface area (Å²) >= 11 is 0. The van der Waals surface area contributed by atoms with Gasteiger partial charge in [-0.1, -0.05) is 18.2 Å². The molecule has 0 saturated heterocycles. The fourth-order valence-corrected chi connectivity index (χ4v) is 2.47. The van der Waals surface area contributed by atoms with Crippen molar-refractivity contribution in [2.75, 3.05) is 11.5 Å². The van der Waals surface area contributed by atoms with E-state index in [0.29, 0.717) is 5.69 Å². The van der Waals surface area contributed by atoms with E-state index in [1.165, 1.54) is 0 Å². The molecule has 0 amide bonds. The van der Waals surface area contributed by atoms with Crippen molar-refractivity contribution in [1.29, 1.82) is 5.53 Å². The minimum absolute atomic E-state index is 0.271. The lowest BCUT2D eigenvalue weighted by Gasteiger charge is -2.05. The Kier molecular flexibility index (Phi) is 1.92. The van der Waals surface area contributed by atoms with Crippen LogP contribution in [0.25, 0.3) is 11.1 Å². The lowest BCUT2D eigenvalue weighted by atomic mass is 10.0. The van der Waals surface area contributed by atoms with Gasteiger partial charge in [0.2, 0.25) is 0 Å². The van der Waals surface area contributed by atoms with E-state index < -0.39 is 0 Å². The molecule has 0 heterocycles. The SMILES string of the molecule is N=NC1c2cc(N)ccc2-c2c(N)cccc21. The first kappa shape index (κ1) is 9.84. The van der Waals surface area contributed by atoms with Crippen LogP contribution >= 0.6 is 0 Å². The van der Waals surface area contributed by atoms with Crippen LogP contribution in [-0.4, -0.2) is 0 Å². The van der Waals surface area contributed by atoms with E-state index in [4.69, 9.17) is 17.0 Å². The smallest absolute Gasteiger partial charge is 0.122 e. The first-order valence-electron chi connectivity index (χ1n) is 5.37. The molecule has 0 saturated carbocycles. The molecular weight excluding hydrogens is 212 g/mol. The molecule has 2 aromatic rings. The molecule has 1 aliphatic carbocycles. The van der Waals surface area contributed by atoms with Crippen LogP contribution in [0.4, 0.5) is 11.4 Å². The average molecular weight is 224 g/mol. The van der Waals surface area contributed by atoms with Crippen LogP contribution in [0.1, 0.15) is 17.2 Å². The zero-order valence-corrected chi connectivity index (χ0v) is 9.14. The number of fused-ring (bicyclic) bond motifs is 3. The van der Waals surface area contributed by atoms with Gasteiger partial charge in [-0.25, -0.2) is 5.53 Å². The second kappa shape index (κ2) is 3.31. The van der Waals surface area contributed by atoms with Gasteiger partial charge in [-0.05, 0) is 34.9 Å². The molecule has 3 rings (SSSR count). The van der Waals surface area contributed by atoms with E-state index in [1.807, 2.05) is 36.4 Å². The normalized spacial score (nSPS) is 16.4. The monoisotopic (exact) mass is 224 g/mol. The van der Waals surface area contributed by atoms with Crippen LogP contribution in [0.15, 0.2) is 41.5 Å². The van der Waals surface area contributed by atoms with Gasteiger partial charge in [0.15, 0.2) is 0 Å². The Hall–Kier alpha value is -2.36. The Labute approximate surface area is 98.8 Å². The van der Waals surface area contributed by atoms with Crippen LogP contribution in [0.3, 0.4) is 0 Å². The molecule has 0 spiro atoms. The minimum atomic E-state index is -0.271. The van der Waals surface area contributed by atoms with Crippen molar-refractivity contribution in [3.05, 3.63) is 47.5 Å². The fourth-order valence-electron chi connectivity index (χ4n) is 2.47. The standard InChI is InChI=1S/C13H12N4/c14-7-4-5-8-10(6-7)13(17-16)9-2-1-3-11(15)12(8)9/h1-6,13,16H,14-15H2. The highest BCUT2D eigenvalue weighted by atomic mass is 15.0. The molecule has 4 nitrogen and oxygen atoms in total. The first-order chi connectivity index (χ1) is 8.22. The first-order valence-corrected chi connectivity index (χ1v) is 5.37. The Balaban J connectivity index is 2.37. The van der Waals surface area contributed by atoms with E-state index in [1.54, 1.807) is 0 Å². The highest BCUT2D eigenvalue weighted by Gasteiger charge is 2.29. The minimum Gasteiger partial charge on any atom is -0.399 e. The largest absolute Gasteiger partial charge is 0.399 e. The van der Waals surface area contributed by atoms with E-state index in [9.17, 15) is 0 Å². The van der Waals surface area contributed by atoms with Gasteiger partial charge in [0, 0.05) is 16.9 Å². The van der Waals surface area contributed by atoms with Crippen molar-refractivity contribution in [3.8, 4) is 11.1 Å². The van der Waals surface area contributed by atoms with Gasteiger partial charge in [0.1, 0.15) is 6.04 Å². The van der Waals surface area contributed by atoms with Crippen LogP contribution < -0.4 is 11.5 Å². The van der Waals surface area contributed by atoms with Gasteiger partial charge >= 0.3 is 0 Å². The van der Waals surface area contributed by atoms with Crippen molar-refractivity contribution >= 4 is 11.4 Å². The summed E-state index contributed by atoms with van der Waals surface area (Å²) in [6, 6.07) is 11.1. The summed E-state index contributed by atoms with van der Waals surface area (Å²) < 4.78 is 0. The summed E-state index contributed by atoms with van der Waals surface area (Å²) in [5.41, 5.74) is 24.5. The summed E-state index contributed by atoms with van der Waals surface area (Å²) in [5, 5.41) is 3.69. The highest BCUT2D eigenvalue weighted by molar-refractivity contribution is 5.88. The number of hydrogen-bond acceptors (Lipinski definition) is 4. The molecule has 1 aliphatic rings. The Morgan fingerprint density at radius 3 is 2.65 bits per heavy atom. The van der Waals surface area contributed by atoms with Gasteiger partial charge in [0.05, 0.1) is 0 Å². The molecule has 2 aromatic carbocycles. The number of nitrogen functional groups attached to an aromatic ring is 2. The third-order valence-corrected chi connectivity index (χ3v) is 3.19. The van der Waals surface area contributed by atoms with E-state index >= 15 is 0 Å². The van der Waals surface area contributed by atoms with Crippen molar-refractivity contribution in [2.24, 2.45) is 5.11 Å². The Bertz CT molecular complexity index is 619. The third-order valence-electron chi connectivity index (χ3n) is 3.19. The average Bonchev–Trinajstić information content (AvgIpc) is 2.63. The number of nitrogens with two attached hydrogens (primary N) is 2. The Morgan fingerprint density at radius 1 is 1.06 bits per heavy atom. The molecule has 84 valence electrons. The number of nitrogens with one attached hydrogen (secondary N) is 1. The maximum absolute atomic E-state index is 7.35. The molecule has 1 atom stereocenters. The number of nitrogens with zero attached hydrogens (tertiary/aromatic N) is 1. The second-order valence-corrected chi connectivity index (χ2v) is 4.19. The topological polar surface area (TPSA) is 88.2 Å². The predicted octanol–water partition coefficient (Wildman–Crippen LogP) is 2.95. The number of hydrogen-bond donors (Lipinski definition) is 3. The quantitative estimate of drug-likeness (QED) is 0.513. The fraction of sp³-hybridized carbons (Fsp3) is 0.0769. The zero-order valence-electron chi connectivity index (χ0n) is 9.14. The highest BCUT2D eigenvalue weighted by Crippen LogP contribution is 2.48. The molecule has 17 heavy (non-hydrogen) atoms. The van der Waals surface area contributed by atoms with Crippen molar-refractivity contribution in [2.45, 2.75) is 6.04 Å². The van der Waals surface area contributed by atoms with Crippen molar-refractivity contribution < 1.29 is 0 Å². The maximum atomic E-state index is 7.35. The van der Waals surface area contributed by atoms with E-state index in [2.05, 4.69) is 5.11 Å². The van der Waals surface area contributed by atoms with Gasteiger partial charge in [-0.3, -0.25) is 0 Å². The second-order valence-electron chi connectivity index (χ2n) is 4.19. The van der Waals surface area contributed by atoms with Gasteiger partial charge in [0.25, 0.3) is 0 Å². The molecule has 0 fully saturated rings.